The molecule has 6 nitrogen and oxygen atoms in total. The molecule has 9 heteroatoms. The zero-order valence-electron chi connectivity index (χ0n) is 18.5. The van der Waals surface area contributed by atoms with Gasteiger partial charge in [0.1, 0.15) is 11.7 Å². The summed E-state index contributed by atoms with van der Waals surface area (Å²) in [5.74, 6) is -0.374. The molecule has 2 aromatic carbocycles. The lowest BCUT2D eigenvalue weighted by Crippen LogP contribution is -2.46. The Morgan fingerprint density at radius 3 is 2.62 bits per heavy atom. The van der Waals surface area contributed by atoms with Crippen LogP contribution in [0, 0.1) is 11.7 Å². The zero-order valence-corrected chi connectivity index (χ0v) is 20.0. The van der Waals surface area contributed by atoms with Crippen molar-refractivity contribution in [2.24, 2.45) is 10.9 Å². The van der Waals surface area contributed by atoms with Gasteiger partial charge in [0.05, 0.1) is 40.6 Å². The third-order valence-electron chi connectivity index (χ3n) is 6.48. The van der Waals surface area contributed by atoms with E-state index in [-0.39, 0.29) is 24.4 Å². The van der Waals surface area contributed by atoms with Crippen LogP contribution in [-0.2, 0) is 9.53 Å². The van der Waals surface area contributed by atoms with Gasteiger partial charge < -0.3 is 9.64 Å². The van der Waals surface area contributed by atoms with Crippen molar-refractivity contribution in [2.45, 2.75) is 24.9 Å². The van der Waals surface area contributed by atoms with E-state index in [9.17, 15) is 9.18 Å². The molecule has 1 aromatic heterocycles. The summed E-state index contributed by atoms with van der Waals surface area (Å²) in [5, 5.41) is 5.33. The fourth-order valence-corrected chi connectivity index (χ4v) is 5.27. The average Bonchev–Trinajstić information content (AvgIpc) is 3.50. The molecule has 0 N–H and O–H groups in total. The predicted molar refractivity (Wildman–Crippen MR) is 129 cm³/mol. The lowest BCUT2D eigenvalue weighted by Gasteiger charge is -2.36. The number of aromatic nitrogens is 2. The van der Waals surface area contributed by atoms with Gasteiger partial charge in [0.2, 0.25) is 5.91 Å². The van der Waals surface area contributed by atoms with E-state index in [1.54, 1.807) is 48.3 Å². The van der Waals surface area contributed by atoms with Gasteiger partial charge in [0.25, 0.3) is 0 Å². The minimum atomic E-state index is -0.648. The highest BCUT2D eigenvalue weighted by molar-refractivity contribution is 6.42. The van der Waals surface area contributed by atoms with E-state index >= 15 is 0 Å². The quantitative estimate of drug-likeness (QED) is 0.455. The summed E-state index contributed by atoms with van der Waals surface area (Å²) < 4.78 is 20.7. The minimum absolute atomic E-state index is 0.0696. The van der Waals surface area contributed by atoms with Gasteiger partial charge in [-0.25, -0.2) is 14.1 Å². The topological polar surface area (TPSA) is 59.7 Å². The zero-order chi connectivity index (χ0) is 23.8. The standard InChI is InChI=1S/C25H23Cl2FN4O2/c1-34-14-20-23(25(33)31-12-2-3-21(31)15-4-7-17(28)8-5-15)24(32-22(30-20)10-11-29-32)16-6-9-18(26)19(27)13-16/h4-11,13,21,23-24H,2-3,12,14H2,1H3. The number of hydrogen-bond donors (Lipinski definition) is 0. The Labute approximate surface area is 206 Å². The molecule has 3 atom stereocenters. The van der Waals surface area contributed by atoms with E-state index in [1.807, 2.05) is 11.0 Å². The molecule has 0 radical (unpaired) electrons. The number of likely N-dealkylation sites (tertiary alicyclic amines) is 1. The Hall–Kier alpha value is -2.74. The van der Waals surface area contributed by atoms with Gasteiger partial charge in [-0.1, -0.05) is 41.4 Å². The smallest absolute Gasteiger partial charge is 0.234 e. The van der Waals surface area contributed by atoms with Crippen LogP contribution in [0.5, 0.6) is 0 Å². The molecule has 1 amide bonds. The van der Waals surface area contributed by atoms with Crippen molar-refractivity contribution in [3.05, 3.63) is 81.7 Å². The second kappa shape index (κ2) is 9.49. The SMILES string of the molecule is COCC1=Nc2ccnn2C(c2ccc(Cl)c(Cl)c2)C1C(=O)N1CCCC1c1ccc(F)cc1. The second-order valence-electron chi connectivity index (χ2n) is 8.51. The third kappa shape index (κ3) is 4.13. The summed E-state index contributed by atoms with van der Waals surface area (Å²) >= 11 is 12.5. The van der Waals surface area contributed by atoms with Gasteiger partial charge in [-0.05, 0) is 48.2 Å². The number of fused-ring (bicyclic) bond motifs is 1. The number of carbonyl (C=O) groups is 1. The highest BCUT2D eigenvalue weighted by atomic mass is 35.5. The van der Waals surface area contributed by atoms with Crippen LogP contribution in [0.25, 0.3) is 0 Å². The number of aliphatic imine (C=N–C) groups is 1. The van der Waals surface area contributed by atoms with Crippen molar-refractivity contribution in [3.8, 4) is 0 Å². The molecule has 0 spiro atoms. The van der Waals surface area contributed by atoms with E-state index in [4.69, 9.17) is 32.9 Å². The number of rotatable bonds is 5. The number of carbonyl (C=O) groups excluding carboxylic acids is 1. The van der Waals surface area contributed by atoms with Gasteiger partial charge >= 0.3 is 0 Å². The van der Waals surface area contributed by atoms with Crippen molar-refractivity contribution < 1.29 is 13.9 Å². The first-order chi connectivity index (χ1) is 16.5. The fourth-order valence-electron chi connectivity index (χ4n) is 4.97. The molecule has 3 heterocycles. The van der Waals surface area contributed by atoms with Gasteiger partial charge in [-0.2, -0.15) is 5.10 Å². The maximum atomic E-state index is 14.2. The van der Waals surface area contributed by atoms with Crippen molar-refractivity contribution in [1.82, 2.24) is 14.7 Å². The monoisotopic (exact) mass is 500 g/mol. The van der Waals surface area contributed by atoms with Crippen LogP contribution in [0.15, 0.2) is 59.7 Å². The number of methoxy groups -OCH3 is 1. The van der Waals surface area contributed by atoms with Crippen LogP contribution in [0.2, 0.25) is 10.0 Å². The summed E-state index contributed by atoms with van der Waals surface area (Å²) in [7, 11) is 1.58. The van der Waals surface area contributed by atoms with E-state index in [1.165, 1.54) is 12.1 Å². The van der Waals surface area contributed by atoms with Gasteiger partial charge in [-0.3, -0.25) is 4.79 Å². The molecule has 1 fully saturated rings. The number of amides is 1. The van der Waals surface area contributed by atoms with Crippen LogP contribution in [0.4, 0.5) is 10.2 Å². The summed E-state index contributed by atoms with van der Waals surface area (Å²) in [6.45, 7) is 0.812. The molecule has 34 heavy (non-hydrogen) atoms. The molecule has 2 aliphatic heterocycles. The summed E-state index contributed by atoms with van der Waals surface area (Å²) in [6.07, 6.45) is 3.34. The van der Waals surface area contributed by atoms with E-state index < -0.39 is 12.0 Å². The van der Waals surface area contributed by atoms with Crippen LogP contribution in [-0.4, -0.2) is 46.6 Å². The van der Waals surface area contributed by atoms with Crippen LogP contribution in [0.3, 0.4) is 0 Å². The number of nitrogens with zero attached hydrogens (tertiary/aromatic N) is 4. The lowest BCUT2D eigenvalue weighted by molar-refractivity contribution is -0.135. The largest absolute Gasteiger partial charge is 0.379 e. The Balaban J connectivity index is 1.59. The predicted octanol–water partition coefficient (Wildman–Crippen LogP) is 5.63. The normalized spacial score (nSPS) is 21.9. The maximum absolute atomic E-state index is 14.2. The first kappa shape index (κ1) is 23.0. The van der Waals surface area contributed by atoms with E-state index in [0.29, 0.717) is 28.1 Å². The summed E-state index contributed by atoms with van der Waals surface area (Å²) in [6, 6.07) is 12.9. The van der Waals surface area contributed by atoms with Gasteiger partial charge in [0.15, 0.2) is 5.82 Å². The Morgan fingerprint density at radius 1 is 1.12 bits per heavy atom. The Bertz CT molecular complexity index is 1240. The first-order valence-corrected chi connectivity index (χ1v) is 11.8. The highest BCUT2D eigenvalue weighted by Gasteiger charge is 2.44. The van der Waals surface area contributed by atoms with E-state index in [0.717, 1.165) is 24.0 Å². The number of ether oxygens (including phenoxy) is 1. The molecule has 0 bridgehead atoms. The van der Waals surface area contributed by atoms with Crippen molar-refractivity contribution in [1.29, 1.82) is 0 Å². The van der Waals surface area contributed by atoms with Crippen LogP contribution in [0.1, 0.15) is 36.1 Å². The van der Waals surface area contributed by atoms with Crippen LogP contribution < -0.4 is 0 Å². The molecule has 5 rings (SSSR count). The molecule has 3 unspecified atom stereocenters. The van der Waals surface area contributed by atoms with Gasteiger partial charge in [-0.15, -0.1) is 0 Å². The van der Waals surface area contributed by atoms with Crippen molar-refractivity contribution >= 4 is 40.6 Å². The Kier molecular flexibility index (Phi) is 6.42. The molecule has 176 valence electrons. The highest BCUT2D eigenvalue weighted by Crippen LogP contribution is 2.41. The number of hydrogen-bond acceptors (Lipinski definition) is 4. The first-order valence-electron chi connectivity index (χ1n) is 11.1. The molecule has 3 aromatic rings. The van der Waals surface area contributed by atoms with Crippen molar-refractivity contribution in [3.63, 3.8) is 0 Å². The lowest BCUT2D eigenvalue weighted by atomic mass is 9.86. The van der Waals surface area contributed by atoms with Crippen LogP contribution >= 0.6 is 23.2 Å². The number of halogens is 3. The van der Waals surface area contributed by atoms with Crippen molar-refractivity contribution in [2.75, 3.05) is 20.3 Å². The van der Waals surface area contributed by atoms with E-state index in [2.05, 4.69) is 5.10 Å². The number of benzene rings is 2. The molecule has 0 saturated carbocycles. The third-order valence-corrected chi connectivity index (χ3v) is 7.22. The Morgan fingerprint density at radius 2 is 1.88 bits per heavy atom. The maximum Gasteiger partial charge on any atom is 0.234 e. The molecule has 0 aliphatic carbocycles. The van der Waals surface area contributed by atoms with Gasteiger partial charge in [0, 0.05) is 19.7 Å². The molecular formula is C25H23Cl2FN4O2. The summed E-state index contributed by atoms with van der Waals surface area (Å²) in [5.41, 5.74) is 2.35. The molecule has 1 saturated heterocycles. The average molecular weight is 501 g/mol. The second-order valence-corrected chi connectivity index (χ2v) is 9.32. The summed E-state index contributed by atoms with van der Waals surface area (Å²) in [4.78, 5) is 20.8. The minimum Gasteiger partial charge on any atom is -0.379 e. The fraction of sp³-hybridized carbons (Fsp3) is 0.320. The molecular weight excluding hydrogens is 478 g/mol. The molecule has 2 aliphatic rings.